The highest BCUT2D eigenvalue weighted by Crippen LogP contribution is 2.69. The molecule has 0 amide bonds. The van der Waals surface area contributed by atoms with E-state index in [2.05, 4.69) is 126 Å². The molecule has 7 rings (SSSR count). The Labute approximate surface area is 288 Å². The van der Waals surface area contributed by atoms with Gasteiger partial charge < -0.3 is 0 Å². The first-order valence-electron chi connectivity index (χ1n) is 19.5. The van der Waals surface area contributed by atoms with Crippen LogP contribution in [0.25, 0.3) is 0 Å². The Morgan fingerprint density at radius 2 is 1.19 bits per heavy atom. The highest BCUT2D eigenvalue weighted by molar-refractivity contribution is 7.91. The molecule has 0 saturated heterocycles. The van der Waals surface area contributed by atoms with Crippen LogP contribution in [0, 0.1) is 52.3 Å². The van der Waals surface area contributed by atoms with Gasteiger partial charge in [0.15, 0.2) is 0 Å². The standard InChI is InChI=1S/C45H62OP/c1-33(2)16-15-17-34(3)41-26-27-42-40-25-24-35-32-36(28-30-44(35,4)43(40)29-31-45(41,42)5)46-47(37-18-9-6-10-19-37,38-20-11-7-12-21-38)39-22-13-8-14-23-39/h6-14,18-23,33-36,40-43H,15-17,24-32H2,1-5H3/q+1/t34-,35+,36+,40+,41-,42+,43+,44+,45-/m1/s1. The van der Waals surface area contributed by atoms with Crippen LogP contribution in [0.3, 0.4) is 0 Å². The van der Waals surface area contributed by atoms with Gasteiger partial charge in [-0.3, -0.25) is 0 Å². The Morgan fingerprint density at radius 3 is 1.77 bits per heavy atom. The topological polar surface area (TPSA) is 9.23 Å². The van der Waals surface area contributed by atoms with Crippen LogP contribution < -0.4 is 15.9 Å². The van der Waals surface area contributed by atoms with E-state index in [1.54, 1.807) is 0 Å². The van der Waals surface area contributed by atoms with Crippen LogP contribution in [-0.4, -0.2) is 6.10 Å². The van der Waals surface area contributed by atoms with Gasteiger partial charge in [0, 0.05) is 0 Å². The molecule has 1 nitrogen and oxygen atoms in total. The summed E-state index contributed by atoms with van der Waals surface area (Å²) in [5.41, 5.74) is 1.05. The molecule has 0 radical (unpaired) electrons. The maximum atomic E-state index is 7.75. The highest BCUT2D eigenvalue weighted by atomic mass is 31.2. The first-order chi connectivity index (χ1) is 22.8. The quantitative estimate of drug-likeness (QED) is 0.199. The molecule has 4 saturated carbocycles. The fraction of sp³-hybridized carbons (Fsp3) is 0.600. The normalized spacial score (nSPS) is 34.3. The van der Waals surface area contributed by atoms with E-state index in [4.69, 9.17) is 4.52 Å². The van der Waals surface area contributed by atoms with Crippen molar-refractivity contribution in [2.75, 3.05) is 0 Å². The third-order valence-corrected chi connectivity index (χ3v) is 18.2. The Hall–Kier alpha value is -1.95. The van der Waals surface area contributed by atoms with E-state index in [0.717, 1.165) is 41.4 Å². The van der Waals surface area contributed by atoms with Gasteiger partial charge in [0.1, 0.15) is 22.0 Å². The average Bonchev–Trinajstić information content (AvgIpc) is 3.45. The molecular formula is C45H62OP+. The van der Waals surface area contributed by atoms with E-state index >= 15 is 0 Å². The van der Waals surface area contributed by atoms with Crippen LogP contribution in [0.5, 0.6) is 0 Å². The van der Waals surface area contributed by atoms with Gasteiger partial charge in [-0.2, -0.15) is 0 Å². The Balaban J connectivity index is 1.11. The second kappa shape index (κ2) is 13.8. The second-order valence-electron chi connectivity index (χ2n) is 17.3. The van der Waals surface area contributed by atoms with Crippen LogP contribution in [0.1, 0.15) is 112 Å². The minimum absolute atomic E-state index is 0.301. The third-order valence-electron chi connectivity index (χ3n) is 14.5. The lowest BCUT2D eigenvalue weighted by molar-refractivity contribution is -0.126. The van der Waals surface area contributed by atoms with Gasteiger partial charge in [-0.1, -0.05) is 108 Å². The number of fused-ring (bicyclic) bond motifs is 5. The van der Waals surface area contributed by atoms with Crippen molar-refractivity contribution in [3.8, 4) is 0 Å². The first kappa shape index (κ1) is 33.5. The fourth-order valence-corrected chi connectivity index (χ4v) is 15.8. The molecule has 47 heavy (non-hydrogen) atoms. The zero-order valence-electron chi connectivity index (χ0n) is 30.1. The van der Waals surface area contributed by atoms with E-state index in [-0.39, 0.29) is 0 Å². The molecule has 4 aliphatic carbocycles. The SMILES string of the molecule is CC(C)CCC[C@@H](C)[C@H]1CC[C@H]2[C@@H]3CC[C@H]4C[C@@H](O[P+](c5ccccc5)(c5ccccc5)c5ccccc5)CC[C@]4(C)[C@H]3CC[C@]12C. The molecule has 0 aliphatic heterocycles. The van der Waals surface area contributed by atoms with Crippen molar-refractivity contribution < 1.29 is 4.52 Å². The molecule has 9 atom stereocenters. The summed E-state index contributed by atoms with van der Waals surface area (Å²) in [5, 5.41) is 4.03. The predicted octanol–water partition coefficient (Wildman–Crippen LogP) is 11.4. The van der Waals surface area contributed by atoms with Gasteiger partial charge in [-0.25, -0.2) is 4.52 Å². The molecule has 4 aliphatic rings. The van der Waals surface area contributed by atoms with Gasteiger partial charge >= 0.3 is 0 Å². The second-order valence-corrected chi connectivity index (χ2v) is 20.3. The Kier molecular flexibility index (Phi) is 9.81. The summed E-state index contributed by atoms with van der Waals surface area (Å²) in [6, 6.07) is 33.6. The summed E-state index contributed by atoms with van der Waals surface area (Å²) < 4.78 is 7.75. The third kappa shape index (κ3) is 6.09. The fourth-order valence-electron chi connectivity index (χ4n) is 12.1. The van der Waals surface area contributed by atoms with E-state index in [9.17, 15) is 0 Å². The van der Waals surface area contributed by atoms with Gasteiger partial charge in [0.25, 0.3) is 0 Å². The molecule has 0 unspecified atom stereocenters. The van der Waals surface area contributed by atoms with Crippen LogP contribution in [-0.2, 0) is 4.52 Å². The molecule has 2 heteroatoms. The molecule has 3 aromatic rings. The number of hydrogen-bond acceptors (Lipinski definition) is 1. The minimum atomic E-state index is -2.27. The van der Waals surface area contributed by atoms with Crippen molar-refractivity contribution in [2.45, 2.75) is 118 Å². The van der Waals surface area contributed by atoms with Crippen LogP contribution >= 0.6 is 7.49 Å². The average molecular weight is 650 g/mol. The number of benzene rings is 3. The zero-order valence-corrected chi connectivity index (χ0v) is 31.0. The summed E-state index contributed by atoms with van der Waals surface area (Å²) in [7, 11) is -2.27. The van der Waals surface area contributed by atoms with E-state index in [1.807, 2.05) is 0 Å². The molecular weight excluding hydrogens is 587 g/mol. The Bertz CT molecular complexity index is 1340. The minimum Gasteiger partial charge on any atom is -0.218 e. The lowest BCUT2D eigenvalue weighted by Gasteiger charge is -2.61. The molecule has 0 bridgehead atoms. The van der Waals surface area contributed by atoms with E-state index in [0.29, 0.717) is 16.9 Å². The molecule has 4 fully saturated rings. The highest BCUT2D eigenvalue weighted by Gasteiger charge is 2.61. The maximum absolute atomic E-state index is 7.75. The van der Waals surface area contributed by atoms with Crippen LogP contribution in [0.2, 0.25) is 0 Å². The molecule has 0 spiro atoms. The summed E-state index contributed by atoms with van der Waals surface area (Å²) >= 11 is 0. The van der Waals surface area contributed by atoms with Crippen molar-refractivity contribution in [3.05, 3.63) is 91.0 Å². The maximum Gasteiger partial charge on any atom is 0.242 e. The lowest BCUT2D eigenvalue weighted by Crippen LogP contribution is -2.54. The Morgan fingerprint density at radius 1 is 0.638 bits per heavy atom. The molecule has 0 heterocycles. The summed E-state index contributed by atoms with van der Waals surface area (Å²) in [6.45, 7) is 12.9. The van der Waals surface area contributed by atoms with Crippen molar-refractivity contribution >= 4 is 23.4 Å². The zero-order chi connectivity index (χ0) is 32.6. The predicted molar refractivity (Wildman–Crippen MR) is 203 cm³/mol. The van der Waals surface area contributed by atoms with Crippen molar-refractivity contribution in [2.24, 2.45) is 52.3 Å². The van der Waals surface area contributed by atoms with Gasteiger partial charge in [-0.05, 0) is 146 Å². The smallest absolute Gasteiger partial charge is 0.218 e. The van der Waals surface area contributed by atoms with Crippen LogP contribution in [0.15, 0.2) is 91.0 Å². The lowest BCUT2D eigenvalue weighted by atomic mass is 9.44. The van der Waals surface area contributed by atoms with Gasteiger partial charge in [0.2, 0.25) is 7.49 Å². The largest absolute Gasteiger partial charge is 0.242 e. The van der Waals surface area contributed by atoms with E-state index in [1.165, 1.54) is 93.0 Å². The first-order valence-corrected chi connectivity index (χ1v) is 21.2. The monoisotopic (exact) mass is 649 g/mol. The summed E-state index contributed by atoms with van der Waals surface area (Å²) in [4.78, 5) is 0. The van der Waals surface area contributed by atoms with Crippen molar-refractivity contribution in [1.29, 1.82) is 0 Å². The molecule has 3 aromatic carbocycles. The van der Waals surface area contributed by atoms with Gasteiger partial charge in [0.05, 0.1) is 0 Å². The van der Waals surface area contributed by atoms with Crippen molar-refractivity contribution in [1.82, 2.24) is 0 Å². The summed E-state index contributed by atoms with van der Waals surface area (Å²) in [5.74, 6) is 6.27. The van der Waals surface area contributed by atoms with E-state index < -0.39 is 7.49 Å². The van der Waals surface area contributed by atoms with Gasteiger partial charge in [-0.15, -0.1) is 0 Å². The number of rotatable bonds is 10. The summed E-state index contributed by atoms with van der Waals surface area (Å²) in [6.07, 6.45) is 17.1. The molecule has 0 aromatic heterocycles. The number of hydrogen-bond donors (Lipinski definition) is 0. The van der Waals surface area contributed by atoms with Crippen molar-refractivity contribution in [3.63, 3.8) is 0 Å². The molecule has 252 valence electrons. The molecule has 0 N–H and O–H groups in total. The van der Waals surface area contributed by atoms with Crippen LogP contribution in [0.4, 0.5) is 0 Å².